The summed E-state index contributed by atoms with van der Waals surface area (Å²) in [6, 6.07) is -0.327. The highest BCUT2D eigenvalue weighted by molar-refractivity contribution is 5.73. The number of ether oxygens (including phenoxy) is 3. The largest absolute Gasteiger partial charge is 0.393 e. The van der Waals surface area contributed by atoms with Crippen molar-refractivity contribution in [1.29, 1.82) is 0 Å². The van der Waals surface area contributed by atoms with E-state index in [0.717, 1.165) is 0 Å². The lowest BCUT2D eigenvalue weighted by Gasteiger charge is -2.42. The molecule has 0 aliphatic carbocycles. The molecule has 1 amide bonds. The van der Waals surface area contributed by atoms with E-state index in [1.54, 1.807) is 0 Å². The number of rotatable bonds is 2. The first-order valence-corrected chi connectivity index (χ1v) is 6.52. The van der Waals surface area contributed by atoms with Crippen molar-refractivity contribution >= 4 is 5.91 Å². The third kappa shape index (κ3) is 1.96. The fourth-order valence-corrected chi connectivity index (χ4v) is 3.18. The number of aliphatic hydroxyl groups is 1. The van der Waals surface area contributed by atoms with Gasteiger partial charge in [-0.3, -0.25) is 10.1 Å². The number of nitrogens with one attached hydrogen (secondary N) is 2. The van der Waals surface area contributed by atoms with Crippen LogP contribution < -0.4 is 10.6 Å². The summed E-state index contributed by atoms with van der Waals surface area (Å²) in [5.74, 6) is -0.895. The van der Waals surface area contributed by atoms with E-state index < -0.39 is 17.5 Å². The molecule has 7 nitrogen and oxygen atoms in total. The minimum atomic E-state index is -0.794. The van der Waals surface area contributed by atoms with Gasteiger partial charge in [0.25, 0.3) is 0 Å². The van der Waals surface area contributed by atoms with Crippen molar-refractivity contribution < 1.29 is 24.1 Å². The van der Waals surface area contributed by atoms with Gasteiger partial charge in [-0.1, -0.05) is 0 Å². The van der Waals surface area contributed by atoms with E-state index >= 15 is 0 Å². The summed E-state index contributed by atoms with van der Waals surface area (Å²) < 4.78 is 17.7. The summed E-state index contributed by atoms with van der Waals surface area (Å²) in [7, 11) is 0. The van der Waals surface area contributed by atoms with Gasteiger partial charge in [0, 0.05) is 13.5 Å². The van der Waals surface area contributed by atoms with Crippen LogP contribution >= 0.6 is 0 Å². The van der Waals surface area contributed by atoms with Crippen molar-refractivity contribution in [2.75, 3.05) is 13.2 Å². The molecule has 0 aromatic carbocycles. The maximum Gasteiger partial charge on any atom is 0.217 e. The number of fused-ring (bicyclic) bond motifs is 4. The Morgan fingerprint density at radius 3 is 2.79 bits per heavy atom. The Kier molecular flexibility index (Phi) is 2.88. The van der Waals surface area contributed by atoms with Crippen LogP contribution in [0.5, 0.6) is 0 Å². The fraction of sp³-hybridized carbons (Fsp3) is 0.917. The molecule has 0 aromatic heterocycles. The van der Waals surface area contributed by atoms with Crippen molar-refractivity contribution in [2.45, 2.75) is 56.6 Å². The molecule has 5 atom stereocenters. The Balaban J connectivity index is 1.92. The first-order valence-electron chi connectivity index (χ1n) is 6.52. The van der Waals surface area contributed by atoms with Crippen LogP contribution in [0.3, 0.4) is 0 Å². The Morgan fingerprint density at radius 1 is 1.42 bits per heavy atom. The van der Waals surface area contributed by atoms with Crippen LogP contribution in [0.2, 0.25) is 0 Å². The van der Waals surface area contributed by atoms with E-state index in [4.69, 9.17) is 14.2 Å². The zero-order valence-corrected chi connectivity index (χ0v) is 11.3. The summed E-state index contributed by atoms with van der Waals surface area (Å²) in [5.41, 5.74) is -0.794. The molecule has 0 radical (unpaired) electrons. The molecule has 108 valence electrons. The van der Waals surface area contributed by atoms with Crippen molar-refractivity contribution in [3.63, 3.8) is 0 Å². The zero-order valence-electron chi connectivity index (χ0n) is 11.3. The fourth-order valence-electron chi connectivity index (χ4n) is 3.18. The normalized spacial score (nSPS) is 46.9. The lowest BCUT2D eigenvalue weighted by molar-refractivity contribution is -0.195. The Labute approximate surface area is 111 Å². The molecular formula is C12H20N2O5. The van der Waals surface area contributed by atoms with Gasteiger partial charge >= 0.3 is 0 Å². The van der Waals surface area contributed by atoms with Crippen LogP contribution in [0.15, 0.2) is 0 Å². The topological polar surface area (TPSA) is 89.1 Å². The van der Waals surface area contributed by atoms with Crippen LogP contribution in [0.1, 0.15) is 20.8 Å². The lowest BCUT2D eigenvalue weighted by atomic mass is 9.88. The van der Waals surface area contributed by atoms with Gasteiger partial charge in [0.15, 0.2) is 5.79 Å². The molecule has 0 saturated carbocycles. The van der Waals surface area contributed by atoms with Gasteiger partial charge in [0.1, 0.15) is 24.0 Å². The molecule has 0 spiro atoms. The Morgan fingerprint density at radius 2 is 2.16 bits per heavy atom. The van der Waals surface area contributed by atoms with E-state index in [0.29, 0.717) is 6.54 Å². The number of carbonyl (C=O) groups excluding carboxylic acids is 1. The van der Waals surface area contributed by atoms with Gasteiger partial charge in [-0.15, -0.1) is 0 Å². The van der Waals surface area contributed by atoms with Crippen LogP contribution in [0.25, 0.3) is 0 Å². The molecule has 3 N–H and O–H groups in total. The molecule has 7 heteroatoms. The third-order valence-corrected chi connectivity index (χ3v) is 3.93. The lowest BCUT2D eigenvalue weighted by Crippen LogP contribution is -2.65. The van der Waals surface area contributed by atoms with Crippen LogP contribution in [-0.2, 0) is 19.0 Å². The maximum absolute atomic E-state index is 11.3. The van der Waals surface area contributed by atoms with Gasteiger partial charge in [-0.25, -0.2) is 0 Å². The number of hydrogen-bond donors (Lipinski definition) is 3. The quantitative estimate of drug-likeness (QED) is 0.579. The molecule has 3 rings (SSSR count). The van der Waals surface area contributed by atoms with Gasteiger partial charge in [0.2, 0.25) is 5.91 Å². The molecular weight excluding hydrogens is 252 g/mol. The van der Waals surface area contributed by atoms with Gasteiger partial charge in [-0.2, -0.15) is 0 Å². The van der Waals surface area contributed by atoms with E-state index in [1.165, 1.54) is 6.92 Å². The summed E-state index contributed by atoms with van der Waals surface area (Å²) in [6.07, 6.45) is -1.11. The Bertz CT molecular complexity index is 402. The van der Waals surface area contributed by atoms with E-state index in [9.17, 15) is 9.90 Å². The summed E-state index contributed by atoms with van der Waals surface area (Å²) >= 11 is 0. The van der Waals surface area contributed by atoms with Crippen molar-refractivity contribution in [1.82, 2.24) is 10.6 Å². The molecule has 3 aliphatic rings. The highest BCUT2D eigenvalue weighted by Crippen LogP contribution is 2.44. The number of carbonyl (C=O) groups is 1. The highest BCUT2D eigenvalue weighted by Gasteiger charge is 2.64. The second-order valence-electron chi connectivity index (χ2n) is 5.89. The van der Waals surface area contributed by atoms with Crippen LogP contribution in [0.4, 0.5) is 0 Å². The van der Waals surface area contributed by atoms with Gasteiger partial charge in [0.05, 0.1) is 12.6 Å². The number of amides is 1. The molecule has 19 heavy (non-hydrogen) atoms. The summed E-state index contributed by atoms with van der Waals surface area (Å²) in [4.78, 5) is 11.3. The minimum Gasteiger partial charge on any atom is -0.393 e. The van der Waals surface area contributed by atoms with Crippen molar-refractivity contribution in [2.24, 2.45) is 0 Å². The minimum absolute atomic E-state index is 0.147. The predicted octanol–water partition coefficient (Wildman–Crippen LogP) is -1.30. The molecule has 2 bridgehead atoms. The Hall–Kier alpha value is -0.730. The molecule has 3 fully saturated rings. The zero-order chi connectivity index (χ0) is 13.8. The SMILES string of the molecule is CC(=O)N[C@@H]1C2NC[C@](CO)(O2)[C@@H]2OC(C)(C)O[C@H]12. The molecule has 3 heterocycles. The first kappa shape index (κ1) is 13.3. The van der Waals surface area contributed by atoms with E-state index in [2.05, 4.69) is 10.6 Å². The average Bonchev–Trinajstić information content (AvgIpc) is 2.85. The first-order chi connectivity index (χ1) is 8.87. The standard InChI is InChI=1S/C12H20N2O5/c1-6(16)14-7-8-9(18-11(2,3)17-8)12(5-15)4-13-10(7)19-12/h7-10,13,15H,4-5H2,1-3H3,(H,14,16)/t7-,8+,9+,10?,12+/m0/s1. The van der Waals surface area contributed by atoms with Crippen molar-refractivity contribution in [3.05, 3.63) is 0 Å². The van der Waals surface area contributed by atoms with E-state index in [1.807, 2.05) is 13.8 Å². The average molecular weight is 272 g/mol. The third-order valence-electron chi connectivity index (χ3n) is 3.93. The maximum atomic E-state index is 11.3. The highest BCUT2D eigenvalue weighted by atomic mass is 16.8. The molecule has 3 aliphatic heterocycles. The van der Waals surface area contributed by atoms with Gasteiger partial charge < -0.3 is 24.6 Å². The smallest absolute Gasteiger partial charge is 0.217 e. The second kappa shape index (κ2) is 4.13. The summed E-state index contributed by atoms with van der Waals surface area (Å²) in [5, 5.41) is 15.7. The number of aliphatic hydroxyl groups excluding tert-OH is 1. The molecule has 3 saturated heterocycles. The molecule has 1 unspecified atom stereocenters. The van der Waals surface area contributed by atoms with Gasteiger partial charge in [-0.05, 0) is 13.8 Å². The predicted molar refractivity (Wildman–Crippen MR) is 64.1 cm³/mol. The number of hydrogen-bond acceptors (Lipinski definition) is 6. The monoisotopic (exact) mass is 272 g/mol. The second-order valence-corrected chi connectivity index (χ2v) is 5.89. The summed E-state index contributed by atoms with van der Waals surface area (Å²) in [6.45, 7) is 5.43. The van der Waals surface area contributed by atoms with Crippen LogP contribution in [-0.4, -0.2) is 60.0 Å². The van der Waals surface area contributed by atoms with Crippen molar-refractivity contribution in [3.8, 4) is 0 Å². The van der Waals surface area contributed by atoms with E-state index in [-0.39, 0.29) is 30.9 Å². The van der Waals surface area contributed by atoms with Crippen LogP contribution in [0, 0.1) is 0 Å². The molecule has 0 aromatic rings.